The molecule has 2 aliphatic heterocycles. The van der Waals surface area contributed by atoms with E-state index in [9.17, 15) is 9.59 Å². The molecule has 1 atom stereocenters. The number of carbonyl (C=O) groups is 2. The lowest BCUT2D eigenvalue weighted by molar-refractivity contribution is -0.120. The SMILES string of the molecule is CNCc1ccc2c(c1)C=C(C1NC(=O)NC1=O)OC2. The second-order valence-corrected chi connectivity index (χ2v) is 4.79. The quantitative estimate of drug-likeness (QED) is 0.700. The molecule has 1 aromatic rings. The zero-order valence-electron chi connectivity index (χ0n) is 11.0. The van der Waals surface area contributed by atoms with Gasteiger partial charge in [0.15, 0.2) is 6.04 Å². The number of fused-ring (bicyclic) bond motifs is 1. The molecule has 1 fully saturated rings. The van der Waals surface area contributed by atoms with Crippen molar-refractivity contribution in [2.75, 3.05) is 7.05 Å². The number of ether oxygens (including phenoxy) is 1. The fraction of sp³-hybridized carbons (Fsp3) is 0.286. The Kier molecular flexibility index (Phi) is 3.15. The van der Waals surface area contributed by atoms with Crippen molar-refractivity contribution < 1.29 is 14.3 Å². The summed E-state index contributed by atoms with van der Waals surface area (Å²) in [5.74, 6) is 0.0959. The van der Waals surface area contributed by atoms with E-state index in [0.717, 1.165) is 23.2 Å². The number of carbonyl (C=O) groups excluding carboxylic acids is 2. The first kappa shape index (κ1) is 12.7. The Balaban J connectivity index is 1.90. The van der Waals surface area contributed by atoms with Crippen molar-refractivity contribution in [3.63, 3.8) is 0 Å². The van der Waals surface area contributed by atoms with Crippen LogP contribution in [0, 0.1) is 0 Å². The standard InChI is InChI=1S/C14H15N3O3/c1-15-6-8-2-3-9-7-20-11(5-10(9)4-8)12-13(18)17-14(19)16-12/h2-5,12,15H,6-7H2,1H3,(H2,16,17,18,19). The minimum absolute atomic E-state index is 0.379. The van der Waals surface area contributed by atoms with Crippen molar-refractivity contribution in [1.29, 1.82) is 0 Å². The maximum atomic E-state index is 11.6. The predicted molar refractivity (Wildman–Crippen MR) is 72.4 cm³/mol. The average molecular weight is 273 g/mol. The topological polar surface area (TPSA) is 79.5 Å². The van der Waals surface area contributed by atoms with E-state index in [1.807, 2.05) is 25.3 Å². The van der Waals surface area contributed by atoms with E-state index in [-0.39, 0.29) is 5.91 Å². The summed E-state index contributed by atoms with van der Waals surface area (Å²) in [6.45, 7) is 1.18. The van der Waals surface area contributed by atoms with Gasteiger partial charge in [0.25, 0.3) is 5.91 Å². The molecule has 3 N–H and O–H groups in total. The van der Waals surface area contributed by atoms with E-state index in [4.69, 9.17) is 4.74 Å². The fourth-order valence-electron chi connectivity index (χ4n) is 2.36. The largest absolute Gasteiger partial charge is 0.490 e. The third-order valence-corrected chi connectivity index (χ3v) is 3.34. The third kappa shape index (κ3) is 2.25. The molecule has 0 bridgehead atoms. The maximum absolute atomic E-state index is 11.6. The van der Waals surface area contributed by atoms with E-state index < -0.39 is 12.1 Å². The average Bonchev–Trinajstić information content (AvgIpc) is 2.77. The lowest BCUT2D eigenvalue weighted by Crippen LogP contribution is -2.32. The van der Waals surface area contributed by atoms with E-state index in [2.05, 4.69) is 22.0 Å². The van der Waals surface area contributed by atoms with Crippen molar-refractivity contribution >= 4 is 18.0 Å². The Bertz CT molecular complexity index is 610. The monoisotopic (exact) mass is 273 g/mol. The van der Waals surface area contributed by atoms with Gasteiger partial charge in [-0.25, -0.2) is 4.79 Å². The van der Waals surface area contributed by atoms with Crippen molar-refractivity contribution in [1.82, 2.24) is 16.0 Å². The van der Waals surface area contributed by atoms with E-state index >= 15 is 0 Å². The number of hydrogen-bond donors (Lipinski definition) is 3. The van der Waals surface area contributed by atoms with Crippen LogP contribution in [0.1, 0.15) is 16.7 Å². The number of rotatable bonds is 3. The van der Waals surface area contributed by atoms with E-state index in [1.165, 1.54) is 0 Å². The summed E-state index contributed by atoms with van der Waals surface area (Å²) >= 11 is 0. The second-order valence-electron chi connectivity index (χ2n) is 4.79. The molecule has 1 unspecified atom stereocenters. The molecule has 0 aromatic heterocycles. The normalized spacial score (nSPS) is 20.6. The Morgan fingerprint density at radius 2 is 2.25 bits per heavy atom. The van der Waals surface area contributed by atoms with Crippen molar-refractivity contribution in [3.8, 4) is 0 Å². The third-order valence-electron chi connectivity index (χ3n) is 3.34. The van der Waals surface area contributed by atoms with Crippen molar-refractivity contribution in [2.45, 2.75) is 19.2 Å². The predicted octanol–water partition coefficient (Wildman–Crippen LogP) is 0.485. The first-order valence-electron chi connectivity index (χ1n) is 6.39. The highest BCUT2D eigenvalue weighted by Gasteiger charge is 2.34. The first-order valence-corrected chi connectivity index (χ1v) is 6.39. The fourth-order valence-corrected chi connectivity index (χ4v) is 2.36. The molecule has 0 radical (unpaired) electrons. The highest BCUT2D eigenvalue weighted by atomic mass is 16.5. The van der Waals surface area contributed by atoms with Crippen LogP contribution in [0.15, 0.2) is 24.0 Å². The number of benzene rings is 1. The molecule has 2 heterocycles. The number of urea groups is 1. The van der Waals surface area contributed by atoms with Gasteiger partial charge in [0.05, 0.1) is 0 Å². The molecule has 1 aromatic carbocycles. The summed E-state index contributed by atoms with van der Waals surface area (Å²) in [6, 6.07) is 4.90. The van der Waals surface area contributed by atoms with Gasteiger partial charge in [-0.3, -0.25) is 10.1 Å². The molecule has 3 rings (SSSR count). The second kappa shape index (κ2) is 4.97. The Morgan fingerprint density at radius 1 is 1.40 bits per heavy atom. The van der Waals surface area contributed by atoms with Crippen LogP contribution >= 0.6 is 0 Å². The molecule has 0 aliphatic carbocycles. The lowest BCUT2D eigenvalue weighted by atomic mass is 10.0. The first-order chi connectivity index (χ1) is 9.67. The lowest BCUT2D eigenvalue weighted by Gasteiger charge is -2.21. The summed E-state index contributed by atoms with van der Waals surface area (Å²) in [7, 11) is 1.89. The number of imide groups is 1. The van der Waals surface area contributed by atoms with E-state index in [1.54, 1.807) is 0 Å². The van der Waals surface area contributed by atoms with Gasteiger partial charge < -0.3 is 15.4 Å². The van der Waals surface area contributed by atoms with Crippen LogP contribution in [0.5, 0.6) is 0 Å². The van der Waals surface area contributed by atoms with Crippen LogP contribution in [0.25, 0.3) is 6.08 Å². The Morgan fingerprint density at radius 3 is 2.95 bits per heavy atom. The molecule has 3 amide bonds. The van der Waals surface area contributed by atoms with Gasteiger partial charge in [0, 0.05) is 6.54 Å². The molecule has 2 aliphatic rings. The van der Waals surface area contributed by atoms with Gasteiger partial charge in [-0.2, -0.15) is 0 Å². The van der Waals surface area contributed by atoms with Gasteiger partial charge in [-0.15, -0.1) is 0 Å². The maximum Gasteiger partial charge on any atom is 0.322 e. The van der Waals surface area contributed by atoms with Crippen LogP contribution in [0.4, 0.5) is 4.79 Å². The zero-order chi connectivity index (χ0) is 14.1. The summed E-state index contributed by atoms with van der Waals surface area (Å²) in [5.41, 5.74) is 3.25. The molecule has 1 saturated heterocycles. The molecule has 104 valence electrons. The van der Waals surface area contributed by atoms with Crippen LogP contribution in [-0.2, 0) is 22.7 Å². The van der Waals surface area contributed by atoms with Gasteiger partial charge in [-0.1, -0.05) is 12.1 Å². The molecular formula is C14H15N3O3. The van der Waals surface area contributed by atoms with E-state index in [0.29, 0.717) is 12.4 Å². The summed E-state index contributed by atoms with van der Waals surface area (Å²) in [6.07, 6.45) is 1.81. The number of hydrogen-bond acceptors (Lipinski definition) is 4. The Hall–Kier alpha value is -2.34. The molecule has 0 spiro atoms. The van der Waals surface area contributed by atoms with Crippen molar-refractivity contribution in [2.24, 2.45) is 0 Å². The molecule has 0 saturated carbocycles. The van der Waals surface area contributed by atoms with Gasteiger partial charge in [-0.05, 0) is 35.9 Å². The summed E-state index contributed by atoms with van der Waals surface area (Å²) in [5, 5.41) is 7.84. The molecule has 6 nitrogen and oxygen atoms in total. The van der Waals surface area contributed by atoms with Gasteiger partial charge >= 0.3 is 6.03 Å². The van der Waals surface area contributed by atoms with Crippen LogP contribution in [0.2, 0.25) is 0 Å². The van der Waals surface area contributed by atoms with Gasteiger partial charge in [0.1, 0.15) is 12.4 Å². The summed E-state index contributed by atoms with van der Waals surface area (Å²) < 4.78 is 5.58. The highest BCUT2D eigenvalue weighted by Crippen LogP contribution is 2.25. The molecule has 6 heteroatoms. The minimum atomic E-state index is -0.733. The highest BCUT2D eigenvalue weighted by molar-refractivity contribution is 6.06. The van der Waals surface area contributed by atoms with Crippen LogP contribution in [-0.4, -0.2) is 25.0 Å². The van der Waals surface area contributed by atoms with Gasteiger partial charge in [0.2, 0.25) is 0 Å². The molecule has 20 heavy (non-hydrogen) atoms. The number of nitrogens with one attached hydrogen (secondary N) is 3. The minimum Gasteiger partial charge on any atom is -0.490 e. The molecular weight excluding hydrogens is 258 g/mol. The van der Waals surface area contributed by atoms with Crippen molar-refractivity contribution in [3.05, 3.63) is 40.6 Å². The zero-order valence-corrected chi connectivity index (χ0v) is 11.0. The van der Waals surface area contributed by atoms with Crippen LogP contribution < -0.4 is 16.0 Å². The van der Waals surface area contributed by atoms with Crippen LogP contribution in [0.3, 0.4) is 0 Å². The summed E-state index contributed by atoms with van der Waals surface area (Å²) in [4.78, 5) is 22.8. The number of amides is 3. The Labute approximate surface area is 116 Å². The smallest absolute Gasteiger partial charge is 0.322 e.